The van der Waals surface area contributed by atoms with Crippen molar-refractivity contribution >= 4 is 32.8 Å². The molecule has 0 atom stereocenters. The van der Waals surface area contributed by atoms with Crippen LogP contribution in [0.5, 0.6) is 0 Å². The predicted octanol–water partition coefficient (Wildman–Crippen LogP) is 5.14. The lowest BCUT2D eigenvalue weighted by Gasteiger charge is -2.22. The van der Waals surface area contributed by atoms with Gasteiger partial charge in [0.15, 0.2) is 5.76 Å². The molecule has 0 aliphatic carbocycles. The van der Waals surface area contributed by atoms with Crippen molar-refractivity contribution < 1.29 is 9.21 Å². The van der Waals surface area contributed by atoms with Gasteiger partial charge in [-0.1, -0.05) is 22.0 Å². The average Bonchev–Trinajstić information content (AvgIpc) is 3.04. The van der Waals surface area contributed by atoms with Gasteiger partial charge in [0.25, 0.3) is 5.91 Å². The molecular formula is C22H18BrN3O2. The molecule has 6 heteroatoms. The molecule has 1 aromatic carbocycles. The predicted molar refractivity (Wildman–Crippen MR) is 111 cm³/mol. The SMILES string of the molecule is Cc1c(C(=O)N(Cc2ccncc2)Cc2cccnc2)oc2ccc(Br)cc12. The number of aryl methyl sites for hydroxylation is 1. The van der Waals surface area contributed by atoms with Crippen LogP contribution in [0.3, 0.4) is 0 Å². The quantitative estimate of drug-likeness (QED) is 0.435. The second-order valence-corrected chi connectivity index (χ2v) is 7.49. The first kappa shape index (κ1) is 18.4. The summed E-state index contributed by atoms with van der Waals surface area (Å²) in [5, 5.41) is 0.933. The fourth-order valence-electron chi connectivity index (χ4n) is 3.16. The molecule has 1 amide bonds. The minimum absolute atomic E-state index is 0.148. The molecule has 0 unspecified atom stereocenters. The van der Waals surface area contributed by atoms with E-state index in [2.05, 4.69) is 25.9 Å². The van der Waals surface area contributed by atoms with Gasteiger partial charge in [0.05, 0.1) is 0 Å². The minimum Gasteiger partial charge on any atom is -0.451 e. The Bertz CT molecular complexity index is 1070. The Kier molecular flexibility index (Phi) is 5.21. The molecule has 5 nitrogen and oxygen atoms in total. The highest BCUT2D eigenvalue weighted by atomic mass is 79.9. The van der Waals surface area contributed by atoms with Crippen LogP contribution in [-0.4, -0.2) is 20.8 Å². The lowest BCUT2D eigenvalue weighted by atomic mass is 10.1. The largest absolute Gasteiger partial charge is 0.451 e. The summed E-state index contributed by atoms with van der Waals surface area (Å²) in [6.07, 6.45) is 6.95. The summed E-state index contributed by atoms with van der Waals surface area (Å²) in [6, 6.07) is 13.4. The van der Waals surface area contributed by atoms with E-state index in [1.807, 2.05) is 49.4 Å². The van der Waals surface area contributed by atoms with Gasteiger partial charge in [0, 0.05) is 53.3 Å². The average molecular weight is 436 g/mol. The smallest absolute Gasteiger partial charge is 0.290 e. The van der Waals surface area contributed by atoms with Gasteiger partial charge in [-0.3, -0.25) is 14.8 Å². The van der Waals surface area contributed by atoms with Crippen LogP contribution in [0.2, 0.25) is 0 Å². The minimum atomic E-state index is -0.148. The lowest BCUT2D eigenvalue weighted by Crippen LogP contribution is -2.30. The molecule has 140 valence electrons. The highest BCUT2D eigenvalue weighted by Crippen LogP contribution is 2.29. The van der Waals surface area contributed by atoms with E-state index in [-0.39, 0.29) is 5.91 Å². The molecule has 0 N–H and O–H groups in total. The first-order valence-corrected chi connectivity index (χ1v) is 9.67. The number of amides is 1. The molecule has 0 spiro atoms. The van der Waals surface area contributed by atoms with Crippen LogP contribution in [0.4, 0.5) is 0 Å². The van der Waals surface area contributed by atoms with E-state index < -0.39 is 0 Å². The van der Waals surface area contributed by atoms with Gasteiger partial charge in [-0.2, -0.15) is 0 Å². The van der Waals surface area contributed by atoms with Gasteiger partial charge < -0.3 is 9.32 Å². The van der Waals surface area contributed by atoms with Crippen molar-refractivity contribution in [2.45, 2.75) is 20.0 Å². The van der Waals surface area contributed by atoms with E-state index in [1.54, 1.807) is 29.7 Å². The van der Waals surface area contributed by atoms with Crippen LogP contribution < -0.4 is 0 Å². The number of carbonyl (C=O) groups excluding carboxylic acids is 1. The van der Waals surface area contributed by atoms with Gasteiger partial charge in [-0.05, 0) is 54.4 Å². The zero-order valence-corrected chi connectivity index (χ0v) is 16.9. The summed E-state index contributed by atoms with van der Waals surface area (Å²) < 4.78 is 6.88. The van der Waals surface area contributed by atoms with Crippen LogP contribution in [0.1, 0.15) is 27.2 Å². The number of hydrogen-bond donors (Lipinski definition) is 0. The molecule has 28 heavy (non-hydrogen) atoms. The van der Waals surface area contributed by atoms with E-state index in [0.29, 0.717) is 24.4 Å². The molecule has 0 fully saturated rings. The Morgan fingerprint density at radius 2 is 1.82 bits per heavy atom. The van der Waals surface area contributed by atoms with Gasteiger partial charge in [0.2, 0.25) is 0 Å². The maximum Gasteiger partial charge on any atom is 0.290 e. The Balaban J connectivity index is 1.71. The van der Waals surface area contributed by atoms with Crippen molar-refractivity contribution in [2.24, 2.45) is 0 Å². The molecule has 3 aromatic heterocycles. The molecule has 0 aliphatic rings. The second kappa shape index (κ2) is 7.94. The Morgan fingerprint density at radius 3 is 2.57 bits per heavy atom. The zero-order chi connectivity index (χ0) is 19.5. The second-order valence-electron chi connectivity index (χ2n) is 6.57. The molecular weight excluding hydrogens is 418 g/mol. The van der Waals surface area contributed by atoms with Crippen LogP contribution in [0.25, 0.3) is 11.0 Å². The fourth-order valence-corrected chi connectivity index (χ4v) is 3.52. The van der Waals surface area contributed by atoms with Gasteiger partial charge in [-0.15, -0.1) is 0 Å². The monoisotopic (exact) mass is 435 g/mol. The number of rotatable bonds is 5. The lowest BCUT2D eigenvalue weighted by molar-refractivity contribution is 0.0699. The molecule has 0 radical (unpaired) electrons. The van der Waals surface area contributed by atoms with Gasteiger partial charge >= 0.3 is 0 Å². The van der Waals surface area contributed by atoms with Crippen LogP contribution in [0.15, 0.2) is 76.1 Å². The van der Waals surface area contributed by atoms with Crippen LogP contribution in [0, 0.1) is 6.92 Å². The number of pyridine rings is 2. The first-order chi connectivity index (χ1) is 13.6. The Hall–Kier alpha value is -2.99. The molecule has 3 heterocycles. The summed E-state index contributed by atoms with van der Waals surface area (Å²) in [6.45, 7) is 2.81. The molecule has 0 saturated heterocycles. The van der Waals surface area contributed by atoms with E-state index in [4.69, 9.17) is 4.42 Å². The van der Waals surface area contributed by atoms with Crippen molar-refractivity contribution in [3.05, 3.63) is 94.2 Å². The van der Waals surface area contributed by atoms with E-state index in [1.165, 1.54) is 0 Å². The number of carbonyl (C=O) groups is 1. The van der Waals surface area contributed by atoms with Gasteiger partial charge in [-0.25, -0.2) is 0 Å². The van der Waals surface area contributed by atoms with Crippen molar-refractivity contribution in [3.63, 3.8) is 0 Å². The maximum atomic E-state index is 13.4. The standard InChI is InChI=1S/C22H18BrN3O2/c1-15-19-11-18(23)4-5-20(19)28-21(15)22(27)26(13-16-6-9-24-10-7-16)14-17-3-2-8-25-12-17/h2-12H,13-14H2,1H3. The molecule has 0 saturated carbocycles. The third-order valence-corrected chi connectivity index (χ3v) is 5.09. The third kappa shape index (κ3) is 3.82. The molecule has 0 bridgehead atoms. The number of benzene rings is 1. The van der Waals surface area contributed by atoms with Crippen molar-refractivity contribution in [2.75, 3.05) is 0 Å². The highest BCUT2D eigenvalue weighted by molar-refractivity contribution is 9.10. The summed E-state index contributed by atoms with van der Waals surface area (Å²) in [4.78, 5) is 23.4. The van der Waals surface area contributed by atoms with E-state index >= 15 is 0 Å². The molecule has 4 aromatic rings. The van der Waals surface area contributed by atoms with Crippen LogP contribution >= 0.6 is 15.9 Å². The Morgan fingerprint density at radius 1 is 1.04 bits per heavy atom. The number of hydrogen-bond acceptors (Lipinski definition) is 4. The Labute approximate surface area is 171 Å². The number of fused-ring (bicyclic) bond motifs is 1. The first-order valence-electron chi connectivity index (χ1n) is 8.87. The van der Waals surface area contributed by atoms with E-state index in [0.717, 1.165) is 26.5 Å². The third-order valence-electron chi connectivity index (χ3n) is 4.60. The topological polar surface area (TPSA) is 59.2 Å². The van der Waals surface area contributed by atoms with Crippen molar-refractivity contribution in [3.8, 4) is 0 Å². The number of aromatic nitrogens is 2. The summed E-state index contributed by atoms with van der Waals surface area (Å²) in [5.41, 5.74) is 3.51. The van der Waals surface area contributed by atoms with Gasteiger partial charge in [0.1, 0.15) is 5.58 Å². The molecule has 0 aliphatic heterocycles. The number of furan rings is 1. The van der Waals surface area contributed by atoms with Crippen molar-refractivity contribution in [1.82, 2.24) is 14.9 Å². The summed E-state index contributed by atoms with van der Waals surface area (Å²) in [7, 11) is 0. The highest BCUT2D eigenvalue weighted by Gasteiger charge is 2.24. The van der Waals surface area contributed by atoms with Crippen molar-refractivity contribution in [1.29, 1.82) is 0 Å². The fraction of sp³-hybridized carbons (Fsp3) is 0.136. The zero-order valence-electron chi connectivity index (χ0n) is 15.3. The summed E-state index contributed by atoms with van der Waals surface area (Å²) >= 11 is 3.48. The number of halogens is 1. The number of nitrogens with zero attached hydrogens (tertiary/aromatic N) is 3. The maximum absolute atomic E-state index is 13.4. The normalized spacial score (nSPS) is 10.9. The van der Waals surface area contributed by atoms with E-state index in [9.17, 15) is 4.79 Å². The van der Waals surface area contributed by atoms with Crippen LogP contribution in [-0.2, 0) is 13.1 Å². The molecule has 4 rings (SSSR count). The summed E-state index contributed by atoms with van der Waals surface area (Å²) in [5.74, 6) is 0.219.